The molecule has 2 aliphatic heterocycles. The minimum absolute atomic E-state index is 0.186. The number of guanidine groups is 1. The number of amides is 1. The number of nitrogens with one attached hydrogen (secondary N) is 1. The van der Waals surface area contributed by atoms with E-state index in [1.165, 1.54) is 0 Å². The van der Waals surface area contributed by atoms with Crippen LogP contribution in [0.3, 0.4) is 0 Å². The lowest BCUT2D eigenvalue weighted by Gasteiger charge is -2.42. The normalized spacial score (nSPS) is 24.3. The highest BCUT2D eigenvalue weighted by Crippen LogP contribution is 2.39. The van der Waals surface area contributed by atoms with Crippen LogP contribution in [0.25, 0.3) is 0 Å². The zero-order valence-electron chi connectivity index (χ0n) is 17.1. The zero-order chi connectivity index (χ0) is 20.3. The molecular formula is C22H29N5O2. The van der Waals surface area contributed by atoms with E-state index in [1.807, 2.05) is 18.2 Å². The number of aliphatic imine (C=N–C) groups is 1. The summed E-state index contributed by atoms with van der Waals surface area (Å²) in [6, 6.07) is 10.3. The number of rotatable bonds is 2. The fourth-order valence-corrected chi connectivity index (χ4v) is 4.78. The van der Waals surface area contributed by atoms with Crippen LogP contribution in [0.2, 0.25) is 0 Å². The number of nitrogens with zero attached hydrogens (tertiary/aromatic N) is 4. The van der Waals surface area contributed by atoms with Gasteiger partial charge in [0, 0.05) is 37.9 Å². The summed E-state index contributed by atoms with van der Waals surface area (Å²) in [6.07, 6.45) is 6.03. The fourth-order valence-electron chi connectivity index (χ4n) is 4.78. The van der Waals surface area contributed by atoms with Crippen molar-refractivity contribution < 1.29 is 9.53 Å². The molecule has 7 heteroatoms. The van der Waals surface area contributed by atoms with Crippen molar-refractivity contribution in [1.29, 1.82) is 5.26 Å². The van der Waals surface area contributed by atoms with Crippen LogP contribution >= 0.6 is 0 Å². The number of ether oxygens (including phenoxy) is 1. The Bertz CT molecular complexity index is 815. The monoisotopic (exact) mass is 395 g/mol. The molecule has 2 fully saturated rings. The van der Waals surface area contributed by atoms with E-state index in [2.05, 4.69) is 27.3 Å². The van der Waals surface area contributed by atoms with Gasteiger partial charge in [0.05, 0.1) is 18.7 Å². The van der Waals surface area contributed by atoms with Crippen molar-refractivity contribution in [3.05, 3.63) is 24.3 Å². The number of carbonyl (C=O) groups excluding carboxylic acids is 1. The number of benzene rings is 1. The second-order valence-electron chi connectivity index (χ2n) is 8.18. The van der Waals surface area contributed by atoms with Crippen molar-refractivity contribution in [3.8, 4) is 11.8 Å². The highest BCUT2D eigenvalue weighted by atomic mass is 16.5. The van der Waals surface area contributed by atoms with Crippen LogP contribution in [0, 0.1) is 17.2 Å². The summed E-state index contributed by atoms with van der Waals surface area (Å²) in [6.45, 7) is 3.25. The molecule has 1 saturated carbocycles. The third kappa shape index (κ3) is 3.89. The molecule has 1 aliphatic carbocycles. The van der Waals surface area contributed by atoms with Gasteiger partial charge in [0.2, 0.25) is 11.9 Å². The predicted molar refractivity (Wildman–Crippen MR) is 112 cm³/mol. The van der Waals surface area contributed by atoms with Gasteiger partial charge in [-0.2, -0.15) is 5.26 Å². The topological polar surface area (TPSA) is 81.0 Å². The Balaban J connectivity index is 1.50. The van der Waals surface area contributed by atoms with Crippen molar-refractivity contribution in [2.24, 2.45) is 10.9 Å². The lowest BCUT2D eigenvalue weighted by molar-refractivity contribution is -0.124. The van der Waals surface area contributed by atoms with Gasteiger partial charge in [0.15, 0.2) is 5.92 Å². The van der Waals surface area contributed by atoms with Gasteiger partial charge in [-0.3, -0.25) is 10.1 Å². The van der Waals surface area contributed by atoms with Crippen LogP contribution in [-0.2, 0) is 4.79 Å². The van der Waals surface area contributed by atoms with Crippen molar-refractivity contribution >= 4 is 17.6 Å². The largest absolute Gasteiger partial charge is 0.497 e. The molecule has 7 nitrogen and oxygen atoms in total. The smallest absolute Gasteiger partial charge is 0.246 e. The van der Waals surface area contributed by atoms with E-state index in [1.54, 1.807) is 7.11 Å². The van der Waals surface area contributed by atoms with E-state index in [4.69, 9.17) is 9.73 Å². The maximum atomic E-state index is 12.8. The molecule has 154 valence electrons. The first-order valence-corrected chi connectivity index (χ1v) is 10.6. The first-order valence-electron chi connectivity index (χ1n) is 10.6. The Morgan fingerprint density at radius 3 is 2.48 bits per heavy atom. The lowest BCUT2D eigenvalue weighted by atomic mass is 9.77. The van der Waals surface area contributed by atoms with Crippen molar-refractivity contribution in [2.75, 3.05) is 38.2 Å². The quantitative estimate of drug-likeness (QED) is 0.832. The summed E-state index contributed by atoms with van der Waals surface area (Å²) in [5.74, 6) is 0.650. The van der Waals surface area contributed by atoms with Crippen molar-refractivity contribution in [2.45, 2.75) is 44.1 Å². The van der Waals surface area contributed by atoms with E-state index in [9.17, 15) is 10.1 Å². The van der Waals surface area contributed by atoms with Crippen LogP contribution in [0.4, 0.5) is 5.69 Å². The van der Waals surface area contributed by atoms with Crippen LogP contribution in [-0.4, -0.2) is 55.6 Å². The molecule has 29 heavy (non-hydrogen) atoms. The number of methoxy groups -OCH3 is 1. The zero-order valence-corrected chi connectivity index (χ0v) is 17.1. The average molecular weight is 396 g/mol. The number of piperazine rings is 1. The number of hydrogen-bond donors (Lipinski definition) is 1. The first-order chi connectivity index (χ1) is 14.1. The van der Waals surface area contributed by atoms with E-state index < -0.39 is 11.5 Å². The molecule has 1 aromatic rings. The molecule has 1 saturated heterocycles. The van der Waals surface area contributed by atoms with Crippen LogP contribution in [0.1, 0.15) is 38.5 Å². The lowest BCUT2D eigenvalue weighted by Crippen LogP contribution is -2.60. The van der Waals surface area contributed by atoms with Crippen LogP contribution in [0.5, 0.6) is 5.75 Å². The van der Waals surface area contributed by atoms with Crippen LogP contribution in [0.15, 0.2) is 29.3 Å². The Morgan fingerprint density at radius 1 is 1.14 bits per heavy atom. The van der Waals surface area contributed by atoms with E-state index in [-0.39, 0.29) is 5.91 Å². The van der Waals surface area contributed by atoms with E-state index in [0.29, 0.717) is 5.96 Å². The molecule has 0 aromatic heterocycles. The van der Waals surface area contributed by atoms with E-state index in [0.717, 1.165) is 76.1 Å². The Morgan fingerprint density at radius 2 is 1.83 bits per heavy atom. The number of hydrogen-bond acceptors (Lipinski definition) is 6. The maximum Gasteiger partial charge on any atom is 0.246 e. The van der Waals surface area contributed by atoms with Gasteiger partial charge >= 0.3 is 0 Å². The first kappa shape index (κ1) is 19.6. The van der Waals surface area contributed by atoms with Gasteiger partial charge in [-0.25, -0.2) is 4.99 Å². The molecule has 0 bridgehead atoms. The average Bonchev–Trinajstić information content (AvgIpc) is 2.99. The predicted octanol–water partition coefficient (Wildman–Crippen LogP) is 2.54. The Hall–Kier alpha value is -2.75. The van der Waals surface area contributed by atoms with Gasteiger partial charge in [-0.05, 0) is 25.0 Å². The summed E-state index contributed by atoms with van der Waals surface area (Å²) >= 11 is 0. The minimum Gasteiger partial charge on any atom is -0.497 e. The number of nitriles is 1. The third-order valence-electron chi connectivity index (χ3n) is 6.46. The van der Waals surface area contributed by atoms with Gasteiger partial charge in [0.25, 0.3) is 0 Å². The van der Waals surface area contributed by atoms with E-state index >= 15 is 0 Å². The maximum absolute atomic E-state index is 12.8. The molecule has 1 amide bonds. The molecule has 0 radical (unpaired) electrons. The summed E-state index contributed by atoms with van der Waals surface area (Å²) in [5, 5.41) is 12.6. The Labute approximate surface area is 172 Å². The molecule has 3 aliphatic rings. The van der Waals surface area contributed by atoms with Gasteiger partial charge in [-0.15, -0.1) is 0 Å². The van der Waals surface area contributed by atoms with Crippen LogP contribution < -0.4 is 15.0 Å². The summed E-state index contributed by atoms with van der Waals surface area (Å²) in [5.41, 5.74) is 0.593. The molecule has 1 N–H and O–H groups in total. The molecule has 1 aromatic carbocycles. The fraction of sp³-hybridized carbons (Fsp3) is 0.591. The molecule has 4 rings (SSSR count). The van der Waals surface area contributed by atoms with Gasteiger partial charge in [0.1, 0.15) is 5.75 Å². The van der Waals surface area contributed by atoms with Crippen molar-refractivity contribution in [1.82, 2.24) is 10.2 Å². The Kier molecular flexibility index (Phi) is 5.61. The number of carbonyl (C=O) groups is 1. The summed E-state index contributed by atoms with van der Waals surface area (Å²) < 4.78 is 5.34. The second kappa shape index (κ2) is 8.32. The SMILES string of the molecule is COc1cccc(N2CCN(C3=NC4(CCCCCC4)[C@H](C#N)C(=O)N3)CC2)c1. The minimum atomic E-state index is -0.678. The molecule has 1 atom stereocenters. The standard InChI is InChI=1S/C22H29N5O2/c1-29-18-8-6-7-17(15-18)26-11-13-27(14-12-26)21-24-20(28)19(16-23)22(25-21)9-4-2-3-5-10-22/h6-8,15,19H,2-5,9-14H2,1H3,(H,24,25,28)/t19-/m1/s1. The van der Waals surface area contributed by atoms with Crippen molar-refractivity contribution in [3.63, 3.8) is 0 Å². The highest BCUT2D eigenvalue weighted by Gasteiger charge is 2.47. The van der Waals surface area contributed by atoms with Gasteiger partial charge in [-0.1, -0.05) is 31.7 Å². The molecular weight excluding hydrogens is 366 g/mol. The molecule has 0 unspecified atom stereocenters. The molecule has 1 spiro atoms. The summed E-state index contributed by atoms with van der Waals surface area (Å²) in [4.78, 5) is 22.3. The molecule has 2 heterocycles. The highest BCUT2D eigenvalue weighted by molar-refractivity contribution is 6.02. The third-order valence-corrected chi connectivity index (χ3v) is 6.46. The summed E-state index contributed by atoms with van der Waals surface area (Å²) in [7, 11) is 1.68. The second-order valence-corrected chi connectivity index (χ2v) is 8.18. The van der Waals surface area contributed by atoms with Gasteiger partial charge < -0.3 is 14.5 Å². The number of anilines is 1.